The summed E-state index contributed by atoms with van der Waals surface area (Å²) in [7, 11) is 0. The SMILES string of the molecule is CCOc1cccc2c1N(C(C)(C)C)C(S[N])S2. The van der Waals surface area contributed by atoms with Crippen LogP contribution in [0.4, 0.5) is 5.69 Å². The van der Waals surface area contributed by atoms with Crippen LogP contribution in [0.1, 0.15) is 27.7 Å². The summed E-state index contributed by atoms with van der Waals surface area (Å²) in [6.07, 6.45) is 0. The quantitative estimate of drug-likeness (QED) is 0.790. The number of thioether (sulfide) groups is 1. The van der Waals surface area contributed by atoms with Crippen molar-refractivity contribution in [3.8, 4) is 5.75 Å². The van der Waals surface area contributed by atoms with Crippen LogP contribution in [0.25, 0.3) is 0 Å². The van der Waals surface area contributed by atoms with Gasteiger partial charge in [0.05, 0.1) is 12.3 Å². The van der Waals surface area contributed by atoms with Gasteiger partial charge in [-0.15, -0.1) is 0 Å². The molecule has 1 aromatic rings. The van der Waals surface area contributed by atoms with Crippen molar-refractivity contribution in [3.63, 3.8) is 0 Å². The van der Waals surface area contributed by atoms with Crippen LogP contribution in [-0.4, -0.2) is 16.9 Å². The second-order valence-corrected chi connectivity index (χ2v) is 7.18. The van der Waals surface area contributed by atoms with Crippen LogP contribution in [-0.2, 0) is 0 Å². The molecule has 98 valence electrons. The molecule has 0 bridgehead atoms. The second kappa shape index (κ2) is 5.23. The van der Waals surface area contributed by atoms with Crippen LogP contribution in [0.3, 0.4) is 0 Å². The van der Waals surface area contributed by atoms with E-state index in [1.165, 1.54) is 4.90 Å². The van der Waals surface area contributed by atoms with Crippen molar-refractivity contribution in [2.24, 2.45) is 0 Å². The summed E-state index contributed by atoms with van der Waals surface area (Å²) in [6.45, 7) is 9.08. The molecule has 0 amide bonds. The predicted octanol–water partition coefficient (Wildman–Crippen LogP) is 3.80. The Morgan fingerprint density at radius 2 is 2.17 bits per heavy atom. The van der Waals surface area contributed by atoms with E-state index in [0.29, 0.717) is 6.61 Å². The van der Waals surface area contributed by atoms with Crippen LogP contribution < -0.4 is 14.8 Å². The third kappa shape index (κ3) is 2.44. The highest BCUT2D eigenvalue weighted by Crippen LogP contribution is 2.53. The van der Waals surface area contributed by atoms with E-state index in [4.69, 9.17) is 4.74 Å². The Morgan fingerprint density at radius 3 is 2.72 bits per heavy atom. The zero-order valence-electron chi connectivity index (χ0n) is 11.1. The van der Waals surface area contributed by atoms with Gasteiger partial charge in [0.2, 0.25) is 0 Å². The van der Waals surface area contributed by atoms with Crippen molar-refractivity contribution in [2.75, 3.05) is 11.5 Å². The zero-order valence-corrected chi connectivity index (χ0v) is 12.8. The lowest BCUT2D eigenvalue weighted by Gasteiger charge is -2.38. The highest BCUT2D eigenvalue weighted by Gasteiger charge is 2.39. The summed E-state index contributed by atoms with van der Waals surface area (Å²) in [5.74, 6) is 0.897. The van der Waals surface area contributed by atoms with Crippen LogP contribution >= 0.6 is 23.7 Å². The average Bonchev–Trinajstić information content (AvgIpc) is 2.68. The number of hydrogen-bond acceptors (Lipinski definition) is 4. The maximum Gasteiger partial charge on any atom is 0.144 e. The molecular formula is C13H18N2OS2. The minimum Gasteiger partial charge on any atom is -0.492 e. The molecule has 2 radical (unpaired) electrons. The third-order valence-corrected chi connectivity index (χ3v) is 4.69. The molecule has 0 aliphatic carbocycles. The van der Waals surface area contributed by atoms with Gasteiger partial charge >= 0.3 is 0 Å². The van der Waals surface area contributed by atoms with Gasteiger partial charge in [0.25, 0.3) is 0 Å². The average molecular weight is 282 g/mol. The molecule has 0 fully saturated rings. The van der Waals surface area contributed by atoms with Crippen molar-refractivity contribution >= 4 is 29.4 Å². The molecule has 1 aliphatic rings. The molecule has 1 heterocycles. The predicted molar refractivity (Wildman–Crippen MR) is 79.2 cm³/mol. The van der Waals surface area contributed by atoms with E-state index in [2.05, 4.69) is 31.7 Å². The summed E-state index contributed by atoms with van der Waals surface area (Å²) in [5.41, 5.74) is 1.04. The number of fused-ring (bicyclic) bond motifs is 1. The van der Waals surface area contributed by atoms with E-state index in [9.17, 15) is 5.14 Å². The van der Waals surface area contributed by atoms with Crippen molar-refractivity contribution in [3.05, 3.63) is 18.2 Å². The van der Waals surface area contributed by atoms with Gasteiger partial charge in [-0.05, 0) is 51.8 Å². The number of para-hydroxylation sites is 1. The number of rotatable bonds is 3. The lowest BCUT2D eigenvalue weighted by atomic mass is 10.1. The minimum absolute atomic E-state index is 0.0124. The highest BCUT2D eigenvalue weighted by atomic mass is 32.2. The van der Waals surface area contributed by atoms with Crippen molar-refractivity contribution in [2.45, 2.75) is 42.8 Å². The monoisotopic (exact) mass is 282 g/mol. The van der Waals surface area contributed by atoms with Gasteiger partial charge < -0.3 is 9.64 Å². The third-order valence-electron chi connectivity index (χ3n) is 2.75. The van der Waals surface area contributed by atoms with E-state index in [1.807, 2.05) is 19.1 Å². The first-order chi connectivity index (χ1) is 8.49. The summed E-state index contributed by atoms with van der Waals surface area (Å²) in [5, 5.41) is 9.51. The van der Waals surface area contributed by atoms with Gasteiger partial charge in [0, 0.05) is 10.4 Å². The zero-order chi connectivity index (χ0) is 13.3. The molecule has 0 N–H and O–H groups in total. The number of hydrogen-bond donors (Lipinski definition) is 0. The van der Waals surface area contributed by atoms with Crippen molar-refractivity contribution < 1.29 is 4.74 Å². The molecule has 18 heavy (non-hydrogen) atoms. The number of ether oxygens (including phenoxy) is 1. The van der Waals surface area contributed by atoms with Gasteiger partial charge in [0.15, 0.2) is 0 Å². The van der Waals surface area contributed by atoms with Crippen LogP contribution in [0.5, 0.6) is 5.75 Å². The Kier molecular flexibility index (Phi) is 4.04. The fraction of sp³-hybridized carbons (Fsp3) is 0.538. The molecule has 0 saturated carbocycles. The fourth-order valence-corrected chi connectivity index (χ4v) is 4.30. The first-order valence-electron chi connectivity index (χ1n) is 6.01. The Morgan fingerprint density at radius 1 is 1.44 bits per heavy atom. The van der Waals surface area contributed by atoms with E-state index in [1.54, 1.807) is 11.8 Å². The minimum atomic E-state index is -0.0636. The van der Waals surface area contributed by atoms with Crippen LogP contribution in [0, 0.1) is 0 Å². The molecule has 1 aromatic carbocycles. The number of anilines is 1. The Bertz CT molecular complexity index is 431. The molecule has 2 rings (SSSR count). The molecule has 0 saturated heterocycles. The summed E-state index contributed by atoms with van der Waals surface area (Å²) >= 11 is 2.55. The van der Waals surface area contributed by atoms with Crippen molar-refractivity contribution in [1.29, 1.82) is 0 Å². The van der Waals surface area contributed by atoms with Gasteiger partial charge in [0.1, 0.15) is 10.5 Å². The van der Waals surface area contributed by atoms with E-state index in [-0.39, 0.29) is 10.2 Å². The summed E-state index contributed by atoms with van der Waals surface area (Å²) < 4.78 is 5.71. The second-order valence-electron chi connectivity index (χ2n) is 5.11. The van der Waals surface area contributed by atoms with Crippen LogP contribution in [0.15, 0.2) is 23.1 Å². The molecule has 0 aromatic heterocycles. The highest BCUT2D eigenvalue weighted by molar-refractivity contribution is 8.16. The fourth-order valence-electron chi connectivity index (χ4n) is 2.09. The number of nitrogens with zero attached hydrogens (tertiary/aromatic N) is 2. The molecular weight excluding hydrogens is 264 g/mol. The Labute approximate surface area is 118 Å². The van der Waals surface area contributed by atoms with Crippen LogP contribution in [0.2, 0.25) is 0 Å². The summed E-state index contributed by atoms with van der Waals surface area (Å²) in [4.78, 5) is 3.39. The topological polar surface area (TPSA) is 34.8 Å². The summed E-state index contributed by atoms with van der Waals surface area (Å²) in [6, 6.07) is 6.08. The molecule has 1 unspecified atom stereocenters. The van der Waals surface area contributed by atoms with Gasteiger partial charge in [-0.2, -0.15) is 0 Å². The maximum absolute atomic E-state index is 9.51. The Balaban J connectivity index is 2.49. The van der Waals surface area contributed by atoms with Gasteiger partial charge in [-0.1, -0.05) is 23.0 Å². The number of benzene rings is 1. The largest absolute Gasteiger partial charge is 0.492 e. The van der Waals surface area contributed by atoms with E-state index < -0.39 is 0 Å². The first-order valence-corrected chi connectivity index (χ1v) is 7.72. The molecule has 0 spiro atoms. The normalized spacial score (nSPS) is 18.9. The van der Waals surface area contributed by atoms with E-state index >= 15 is 0 Å². The maximum atomic E-state index is 9.51. The lowest BCUT2D eigenvalue weighted by molar-refractivity contribution is 0.338. The molecule has 3 nitrogen and oxygen atoms in total. The molecule has 1 aliphatic heterocycles. The van der Waals surface area contributed by atoms with Crippen molar-refractivity contribution in [1.82, 2.24) is 5.14 Å². The van der Waals surface area contributed by atoms with Gasteiger partial charge in [-0.25, -0.2) is 0 Å². The van der Waals surface area contributed by atoms with E-state index in [0.717, 1.165) is 23.4 Å². The Hall–Kier alpha value is -0.520. The molecule has 1 atom stereocenters. The van der Waals surface area contributed by atoms with Gasteiger partial charge in [-0.3, -0.25) is 0 Å². The first kappa shape index (κ1) is 13.9. The standard InChI is InChI=1S/C13H18N2OS2/c1-5-16-9-7-6-8-10-11(9)15(13(2,3)4)12(17-10)18-14/h6-8,12H,5H2,1-4H3. The smallest absolute Gasteiger partial charge is 0.144 e. The molecule has 5 heteroatoms. The lowest BCUT2D eigenvalue weighted by Crippen LogP contribution is -2.44.